The molecule has 0 atom stereocenters. The third kappa shape index (κ3) is 1.52. The summed E-state index contributed by atoms with van der Waals surface area (Å²) in [5.74, 6) is 0.400. The van der Waals surface area contributed by atoms with Gasteiger partial charge in [0, 0.05) is 30.8 Å². The summed E-state index contributed by atoms with van der Waals surface area (Å²) in [4.78, 5) is 20.1. The van der Waals surface area contributed by atoms with Gasteiger partial charge in [0.1, 0.15) is 6.07 Å². The lowest BCUT2D eigenvalue weighted by Crippen LogP contribution is -2.24. The number of nitriles is 1. The van der Waals surface area contributed by atoms with Gasteiger partial charge in [-0.05, 0) is 12.8 Å². The molecule has 0 bridgehead atoms. The van der Waals surface area contributed by atoms with Crippen molar-refractivity contribution in [3.8, 4) is 11.9 Å². The van der Waals surface area contributed by atoms with E-state index in [-0.39, 0.29) is 17.2 Å². The Labute approximate surface area is 96.8 Å². The van der Waals surface area contributed by atoms with Crippen molar-refractivity contribution in [3.63, 3.8) is 0 Å². The molecule has 0 N–H and O–H groups in total. The molecule has 1 saturated carbocycles. The predicted molar refractivity (Wildman–Crippen MR) is 58.6 cm³/mol. The highest BCUT2D eigenvalue weighted by Crippen LogP contribution is 2.33. The average Bonchev–Trinajstić information content (AvgIpc) is 3.07. The highest BCUT2D eigenvalue weighted by atomic mass is 16.1. The van der Waals surface area contributed by atoms with Gasteiger partial charge in [0.05, 0.1) is 0 Å². The first-order valence-electron chi connectivity index (χ1n) is 5.32. The number of imidazole rings is 1. The van der Waals surface area contributed by atoms with Crippen molar-refractivity contribution in [2.24, 2.45) is 0 Å². The Bertz CT molecular complexity index is 659. The van der Waals surface area contributed by atoms with Gasteiger partial charge < -0.3 is 4.57 Å². The first-order chi connectivity index (χ1) is 8.31. The highest BCUT2D eigenvalue weighted by Gasteiger charge is 2.25. The third-order valence-electron chi connectivity index (χ3n) is 2.76. The van der Waals surface area contributed by atoms with E-state index in [0.29, 0.717) is 6.04 Å². The Balaban J connectivity index is 2.19. The zero-order valence-electron chi connectivity index (χ0n) is 8.95. The van der Waals surface area contributed by atoms with Crippen LogP contribution < -0.4 is 5.56 Å². The molecule has 6 nitrogen and oxygen atoms in total. The van der Waals surface area contributed by atoms with Crippen molar-refractivity contribution in [3.05, 3.63) is 41.0 Å². The van der Waals surface area contributed by atoms with E-state index < -0.39 is 0 Å². The summed E-state index contributed by atoms with van der Waals surface area (Å²) in [5, 5.41) is 8.88. The van der Waals surface area contributed by atoms with Crippen molar-refractivity contribution in [2.45, 2.75) is 18.9 Å². The summed E-state index contributed by atoms with van der Waals surface area (Å²) in [7, 11) is 0. The van der Waals surface area contributed by atoms with Gasteiger partial charge in [-0.1, -0.05) is 0 Å². The summed E-state index contributed by atoms with van der Waals surface area (Å²) in [6, 6.07) is 2.22. The fraction of sp³-hybridized carbons (Fsp3) is 0.273. The molecule has 6 heteroatoms. The van der Waals surface area contributed by atoms with Crippen LogP contribution in [0.4, 0.5) is 0 Å². The van der Waals surface area contributed by atoms with Crippen molar-refractivity contribution in [1.29, 1.82) is 5.26 Å². The van der Waals surface area contributed by atoms with Gasteiger partial charge >= 0.3 is 0 Å². The Morgan fingerprint density at radius 1 is 1.29 bits per heavy atom. The summed E-state index contributed by atoms with van der Waals surface area (Å²) in [5.41, 5.74) is -0.176. The lowest BCUT2D eigenvalue weighted by atomic mass is 10.5. The summed E-state index contributed by atoms with van der Waals surface area (Å²) >= 11 is 0. The molecule has 3 rings (SSSR count). The van der Waals surface area contributed by atoms with E-state index in [2.05, 4.69) is 9.97 Å². The molecule has 0 unspecified atom stereocenters. The predicted octanol–water partition coefficient (Wildman–Crippen LogP) is 0.636. The van der Waals surface area contributed by atoms with Crippen LogP contribution in [0.15, 0.2) is 29.6 Å². The molecule has 1 aliphatic rings. The van der Waals surface area contributed by atoms with E-state index >= 15 is 0 Å². The number of rotatable bonds is 2. The number of nitrogens with zero attached hydrogens (tertiary/aromatic N) is 5. The standard InChI is InChI=1S/C11H9N5O/c12-7-9-13-3-6-16(9)10-11(17)15(5-4-14-10)8-1-2-8/h3-6,8H,1-2H2. The van der Waals surface area contributed by atoms with Gasteiger partial charge in [0.2, 0.25) is 11.6 Å². The molecule has 2 aromatic heterocycles. The minimum absolute atomic E-state index is 0.170. The van der Waals surface area contributed by atoms with Crippen LogP contribution in [0.2, 0.25) is 0 Å². The summed E-state index contributed by atoms with van der Waals surface area (Å²) in [6.45, 7) is 0. The normalized spacial score (nSPS) is 14.5. The minimum Gasteiger partial charge on any atom is -0.308 e. The third-order valence-corrected chi connectivity index (χ3v) is 2.76. The maximum Gasteiger partial charge on any atom is 0.294 e. The van der Waals surface area contributed by atoms with Crippen molar-refractivity contribution in [2.75, 3.05) is 0 Å². The molecule has 0 amide bonds. The maximum atomic E-state index is 12.2. The second kappa shape index (κ2) is 3.56. The van der Waals surface area contributed by atoms with Crippen LogP contribution in [-0.2, 0) is 0 Å². The molecule has 0 saturated heterocycles. The minimum atomic E-state index is -0.176. The van der Waals surface area contributed by atoms with Crippen LogP contribution in [-0.4, -0.2) is 19.1 Å². The second-order valence-electron chi connectivity index (χ2n) is 3.93. The van der Waals surface area contributed by atoms with Crippen LogP contribution in [0, 0.1) is 11.3 Å². The molecule has 84 valence electrons. The van der Waals surface area contributed by atoms with Gasteiger partial charge in [-0.3, -0.25) is 9.36 Å². The molecule has 1 aliphatic carbocycles. The maximum absolute atomic E-state index is 12.2. The van der Waals surface area contributed by atoms with E-state index in [9.17, 15) is 4.79 Å². The van der Waals surface area contributed by atoms with Crippen LogP contribution >= 0.6 is 0 Å². The number of hydrogen-bond donors (Lipinski definition) is 0. The highest BCUT2D eigenvalue weighted by molar-refractivity contribution is 5.27. The molecule has 0 spiro atoms. The number of hydrogen-bond acceptors (Lipinski definition) is 4. The van der Waals surface area contributed by atoms with Gasteiger partial charge in [0.15, 0.2) is 0 Å². The Hall–Kier alpha value is -2.42. The van der Waals surface area contributed by atoms with Gasteiger partial charge in [-0.2, -0.15) is 5.26 Å². The molecule has 2 aromatic rings. The fourth-order valence-corrected chi connectivity index (χ4v) is 1.78. The van der Waals surface area contributed by atoms with E-state index in [1.54, 1.807) is 23.2 Å². The lowest BCUT2D eigenvalue weighted by Gasteiger charge is -2.06. The van der Waals surface area contributed by atoms with Gasteiger partial charge in [-0.15, -0.1) is 0 Å². The monoisotopic (exact) mass is 227 g/mol. The Morgan fingerprint density at radius 3 is 2.76 bits per heavy atom. The lowest BCUT2D eigenvalue weighted by molar-refractivity contribution is 0.687. The van der Waals surface area contributed by atoms with E-state index in [0.717, 1.165) is 12.8 Å². The van der Waals surface area contributed by atoms with E-state index in [4.69, 9.17) is 5.26 Å². The second-order valence-corrected chi connectivity index (χ2v) is 3.93. The van der Waals surface area contributed by atoms with Crippen molar-refractivity contribution >= 4 is 0 Å². The summed E-state index contributed by atoms with van der Waals surface area (Å²) < 4.78 is 3.09. The molecule has 0 radical (unpaired) electrons. The number of aromatic nitrogens is 4. The van der Waals surface area contributed by atoms with Crippen LogP contribution in [0.1, 0.15) is 24.7 Å². The van der Waals surface area contributed by atoms with E-state index in [1.165, 1.54) is 10.8 Å². The Kier molecular flexibility index (Phi) is 2.05. The topological polar surface area (TPSA) is 76.5 Å². The van der Waals surface area contributed by atoms with Crippen molar-refractivity contribution in [1.82, 2.24) is 19.1 Å². The first kappa shape index (κ1) is 9.78. The van der Waals surface area contributed by atoms with Crippen LogP contribution in [0.5, 0.6) is 0 Å². The first-order valence-corrected chi connectivity index (χ1v) is 5.32. The zero-order valence-corrected chi connectivity index (χ0v) is 8.95. The van der Waals surface area contributed by atoms with Gasteiger partial charge in [-0.25, -0.2) is 9.97 Å². The molecular weight excluding hydrogens is 218 g/mol. The molecular formula is C11H9N5O. The molecule has 1 fully saturated rings. The van der Waals surface area contributed by atoms with E-state index in [1.807, 2.05) is 6.07 Å². The summed E-state index contributed by atoms with van der Waals surface area (Å²) in [6.07, 6.45) is 8.37. The smallest absolute Gasteiger partial charge is 0.294 e. The molecule has 0 aromatic carbocycles. The average molecular weight is 227 g/mol. The SMILES string of the molecule is N#Cc1nccn1-c1nccn(C2CC2)c1=O. The van der Waals surface area contributed by atoms with Crippen molar-refractivity contribution < 1.29 is 0 Å². The fourth-order valence-electron chi connectivity index (χ4n) is 1.78. The van der Waals surface area contributed by atoms with Crippen LogP contribution in [0.3, 0.4) is 0 Å². The van der Waals surface area contributed by atoms with Crippen LogP contribution in [0.25, 0.3) is 5.82 Å². The molecule has 0 aliphatic heterocycles. The van der Waals surface area contributed by atoms with Gasteiger partial charge in [0.25, 0.3) is 5.56 Å². The largest absolute Gasteiger partial charge is 0.308 e. The quantitative estimate of drug-likeness (QED) is 0.754. The molecule has 2 heterocycles. The zero-order chi connectivity index (χ0) is 11.8. The Morgan fingerprint density at radius 2 is 2.06 bits per heavy atom. The molecule has 17 heavy (non-hydrogen) atoms.